The van der Waals surface area contributed by atoms with Gasteiger partial charge in [-0.3, -0.25) is 0 Å². The second-order valence-electron chi connectivity index (χ2n) is 3.82. The van der Waals surface area contributed by atoms with Crippen molar-refractivity contribution < 1.29 is 9.13 Å². The van der Waals surface area contributed by atoms with Gasteiger partial charge in [0.2, 0.25) is 0 Å². The molecule has 2 aromatic rings. The van der Waals surface area contributed by atoms with Gasteiger partial charge in [-0.1, -0.05) is 23.7 Å². The summed E-state index contributed by atoms with van der Waals surface area (Å²) < 4.78 is 18.9. The fourth-order valence-electron chi connectivity index (χ4n) is 1.64. The highest BCUT2D eigenvalue weighted by Crippen LogP contribution is 2.31. The first-order valence-corrected chi connectivity index (χ1v) is 5.99. The van der Waals surface area contributed by atoms with Crippen LogP contribution in [0.5, 0.6) is 11.5 Å². The molecule has 0 spiro atoms. The first kappa shape index (κ1) is 12.9. The molecule has 0 aromatic heterocycles. The number of halogens is 2. The summed E-state index contributed by atoms with van der Waals surface area (Å²) in [6, 6.07) is 11.5. The lowest BCUT2D eigenvalue weighted by Gasteiger charge is -2.11. The van der Waals surface area contributed by atoms with Crippen LogP contribution in [0.25, 0.3) is 0 Å². The highest BCUT2D eigenvalue weighted by molar-refractivity contribution is 6.32. The monoisotopic (exact) mass is 265 g/mol. The molecular formula is C14H13ClFNO. The van der Waals surface area contributed by atoms with Crippen molar-refractivity contribution in [3.05, 3.63) is 58.9 Å². The molecule has 0 radical (unpaired) electrons. The van der Waals surface area contributed by atoms with Crippen molar-refractivity contribution in [2.45, 2.75) is 6.42 Å². The maximum absolute atomic E-state index is 13.2. The Morgan fingerprint density at radius 1 is 1.11 bits per heavy atom. The highest BCUT2D eigenvalue weighted by Gasteiger charge is 2.08. The molecule has 0 heterocycles. The number of hydrogen-bond acceptors (Lipinski definition) is 2. The molecule has 0 saturated heterocycles. The number of ether oxygens (including phenoxy) is 1. The van der Waals surface area contributed by atoms with Crippen molar-refractivity contribution in [3.63, 3.8) is 0 Å². The molecule has 2 N–H and O–H groups in total. The average molecular weight is 266 g/mol. The van der Waals surface area contributed by atoms with E-state index in [0.29, 0.717) is 29.5 Å². The third-order valence-corrected chi connectivity index (χ3v) is 2.81. The normalized spacial score (nSPS) is 10.4. The number of benzene rings is 2. The smallest absolute Gasteiger partial charge is 0.146 e. The minimum Gasteiger partial charge on any atom is -0.456 e. The zero-order chi connectivity index (χ0) is 13.0. The van der Waals surface area contributed by atoms with Crippen LogP contribution < -0.4 is 10.5 Å². The SMILES string of the molecule is NCCc1cc(F)ccc1Oc1ccccc1Cl. The van der Waals surface area contributed by atoms with Gasteiger partial charge in [0.15, 0.2) is 0 Å². The van der Waals surface area contributed by atoms with Crippen LogP contribution in [-0.4, -0.2) is 6.54 Å². The van der Waals surface area contributed by atoms with Crippen molar-refractivity contribution in [2.75, 3.05) is 6.54 Å². The molecule has 2 nitrogen and oxygen atoms in total. The van der Waals surface area contributed by atoms with Crippen molar-refractivity contribution >= 4 is 11.6 Å². The maximum Gasteiger partial charge on any atom is 0.146 e. The van der Waals surface area contributed by atoms with Crippen molar-refractivity contribution in [1.82, 2.24) is 0 Å². The Hall–Kier alpha value is -1.58. The van der Waals surface area contributed by atoms with Crippen molar-refractivity contribution in [3.8, 4) is 11.5 Å². The molecule has 0 atom stereocenters. The van der Waals surface area contributed by atoms with E-state index in [0.717, 1.165) is 5.56 Å². The Morgan fingerprint density at radius 2 is 1.89 bits per heavy atom. The van der Waals surface area contributed by atoms with Gasteiger partial charge < -0.3 is 10.5 Å². The fraction of sp³-hybridized carbons (Fsp3) is 0.143. The molecule has 94 valence electrons. The Balaban J connectivity index is 2.31. The maximum atomic E-state index is 13.2. The van der Waals surface area contributed by atoms with Gasteiger partial charge in [-0.15, -0.1) is 0 Å². The van der Waals surface area contributed by atoms with E-state index < -0.39 is 0 Å². The summed E-state index contributed by atoms with van der Waals surface area (Å²) in [6.45, 7) is 0.433. The molecule has 0 fully saturated rings. The Bertz CT molecular complexity index is 545. The second-order valence-corrected chi connectivity index (χ2v) is 4.23. The van der Waals surface area contributed by atoms with Gasteiger partial charge in [0, 0.05) is 0 Å². The Morgan fingerprint density at radius 3 is 2.61 bits per heavy atom. The van der Waals surface area contributed by atoms with Gasteiger partial charge in [-0.25, -0.2) is 4.39 Å². The van der Waals surface area contributed by atoms with E-state index in [9.17, 15) is 4.39 Å². The standard InChI is InChI=1S/C14H13ClFNO/c15-12-3-1-2-4-14(12)18-13-6-5-11(16)9-10(13)7-8-17/h1-6,9H,7-8,17H2. The van der Waals surface area contributed by atoms with Crippen LogP contribution in [0.4, 0.5) is 4.39 Å². The zero-order valence-electron chi connectivity index (χ0n) is 9.70. The molecule has 0 aliphatic carbocycles. The van der Waals surface area contributed by atoms with E-state index in [1.165, 1.54) is 12.1 Å². The van der Waals surface area contributed by atoms with Gasteiger partial charge in [-0.05, 0) is 48.9 Å². The van der Waals surface area contributed by atoms with Gasteiger partial charge in [0.25, 0.3) is 0 Å². The van der Waals surface area contributed by atoms with Crippen LogP contribution in [0.3, 0.4) is 0 Å². The van der Waals surface area contributed by atoms with Crippen LogP contribution in [-0.2, 0) is 6.42 Å². The van der Waals surface area contributed by atoms with E-state index >= 15 is 0 Å². The highest BCUT2D eigenvalue weighted by atomic mass is 35.5. The van der Waals surface area contributed by atoms with Crippen LogP contribution in [0, 0.1) is 5.82 Å². The average Bonchev–Trinajstić information content (AvgIpc) is 2.35. The lowest BCUT2D eigenvalue weighted by molar-refractivity contribution is 0.474. The molecule has 0 bridgehead atoms. The first-order chi connectivity index (χ1) is 8.70. The predicted octanol–water partition coefficient (Wildman–Crippen LogP) is 3.77. The minimum absolute atomic E-state index is 0.301. The van der Waals surface area contributed by atoms with Crippen molar-refractivity contribution in [2.24, 2.45) is 5.73 Å². The van der Waals surface area contributed by atoms with E-state index in [1.807, 2.05) is 12.1 Å². The van der Waals surface area contributed by atoms with E-state index in [-0.39, 0.29) is 5.82 Å². The molecule has 0 amide bonds. The van der Waals surface area contributed by atoms with Crippen LogP contribution in [0.2, 0.25) is 5.02 Å². The Labute approximate surface area is 110 Å². The van der Waals surface area contributed by atoms with E-state index in [4.69, 9.17) is 22.1 Å². The molecule has 0 unspecified atom stereocenters. The Kier molecular flexibility index (Phi) is 4.18. The summed E-state index contributed by atoms with van der Waals surface area (Å²) in [5, 5.41) is 0.514. The molecule has 2 aromatic carbocycles. The summed E-state index contributed by atoms with van der Waals surface area (Å²) in [7, 11) is 0. The molecular weight excluding hydrogens is 253 g/mol. The summed E-state index contributed by atoms with van der Waals surface area (Å²) >= 11 is 6.01. The van der Waals surface area contributed by atoms with E-state index in [2.05, 4.69) is 0 Å². The summed E-state index contributed by atoms with van der Waals surface area (Å²) in [6.07, 6.45) is 0.553. The van der Waals surface area contributed by atoms with Crippen LogP contribution >= 0.6 is 11.6 Å². The molecule has 2 rings (SSSR count). The topological polar surface area (TPSA) is 35.2 Å². The zero-order valence-corrected chi connectivity index (χ0v) is 10.5. The lowest BCUT2D eigenvalue weighted by atomic mass is 10.1. The van der Waals surface area contributed by atoms with Gasteiger partial charge >= 0.3 is 0 Å². The second kappa shape index (κ2) is 5.85. The third kappa shape index (κ3) is 3.00. The molecule has 0 aliphatic rings. The number of hydrogen-bond donors (Lipinski definition) is 1. The van der Waals surface area contributed by atoms with Crippen LogP contribution in [0.15, 0.2) is 42.5 Å². The first-order valence-electron chi connectivity index (χ1n) is 5.61. The largest absolute Gasteiger partial charge is 0.456 e. The summed E-state index contributed by atoms with van der Waals surface area (Å²) in [5.41, 5.74) is 6.23. The number of nitrogens with two attached hydrogens (primary N) is 1. The number of para-hydroxylation sites is 1. The number of rotatable bonds is 4. The van der Waals surface area contributed by atoms with Crippen molar-refractivity contribution in [1.29, 1.82) is 0 Å². The van der Waals surface area contributed by atoms with Gasteiger partial charge in [0.05, 0.1) is 5.02 Å². The lowest BCUT2D eigenvalue weighted by Crippen LogP contribution is -2.04. The molecule has 4 heteroatoms. The van der Waals surface area contributed by atoms with Crippen LogP contribution in [0.1, 0.15) is 5.56 Å². The predicted molar refractivity (Wildman–Crippen MR) is 70.7 cm³/mol. The van der Waals surface area contributed by atoms with Gasteiger partial charge in [0.1, 0.15) is 17.3 Å². The minimum atomic E-state index is -0.301. The van der Waals surface area contributed by atoms with E-state index in [1.54, 1.807) is 18.2 Å². The quantitative estimate of drug-likeness (QED) is 0.913. The molecule has 0 aliphatic heterocycles. The summed E-state index contributed by atoms with van der Waals surface area (Å²) in [5.74, 6) is 0.823. The molecule has 0 saturated carbocycles. The molecule has 18 heavy (non-hydrogen) atoms. The van der Waals surface area contributed by atoms with Gasteiger partial charge in [-0.2, -0.15) is 0 Å². The third-order valence-electron chi connectivity index (χ3n) is 2.49. The fourth-order valence-corrected chi connectivity index (χ4v) is 1.82. The summed E-state index contributed by atoms with van der Waals surface area (Å²) in [4.78, 5) is 0.